The van der Waals surface area contributed by atoms with E-state index in [9.17, 15) is 31.0 Å². The molecule has 3 rings (SSSR count). The Labute approximate surface area is 246 Å². The Kier molecular flexibility index (Phi) is 10.6. The molecule has 0 atom stereocenters. The number of hydrogen-bond acceptors (Lipinski definition) is 14. The molecule has 3 aromatic rings. The monoisotopic (exact) mass is 633 g/mol. The van der Waals surface area contributed by atoms with Crippen molar-refractivity contribution in [2.75, 3.05) is 43.2 Å². The second kappa shape index (κ2) is 13.9. The highest BCUT2D eigenvalue weighted by Crippen LogP contribution is 2.43. The number of anilines is 2. The van der Waals surface area contributed by atoms with Crippen LogP contribution in [0.2, 0.25) is 0 Å². The number of aliphatic hydroxyl groups is 1. The first-order valence-corrected chi connectivity index (χ1v) is 15.4. The molecule has 0 saturated carbocycles. The molecule has 0 fully saturated rings. The van der Waals surface area contributed by atoms with E-state index in [1.807, 2.05) is 0 Å². The molecule has 7 N–H and O–H groups in total. The van der Waals surface area contributed by atoms with Crippen LogP contribution in [0.25, 0.3) is 0 Å². The summed E-state index contributed by atoms with van der Waals surface area (Å²) in [6.45, 7) is -0.719. The number of methoxy groups -OCH3 is 1. The van der Waals surface area contributed by atoms with Crippen LogP contribution in [0.4, 0.5) is 34.1 Å². The van der Waals surface area contributed by atoms with Gasteiger partial charge in [0.25, 0.3) is 16.0 Å². The van der Waals surface area contributed by atoms with Crippen molar-refractivity contribution in [2.24, 2.45) is 20.5 Å². The minimum atomic E-state index is -4.90. The predicted molar refractivity (Wildman–Crippen MR) is 156 cm³/mol. The normalized spacial score (nSPS) is 12.1. The Bertz CT molecular complexity index is 1810. The van der Waals surface area contributed by atoms with Gasteiger partial charge in [-0.1, -0.05) is 18.2 Å². The molecule has 0 aromatic heterocycles. The second-order valence-corrected chi connectivity index (χ2v) is 12.3. The summed E-state index contributed by atoms with van der Waals surface area (Å²) in [6, 6.07) is 12.6. The van der Waals surface area contributed by atoms with E-state index in [1.54, 1.807) is 12.1 Å². The third-order valence-electron chi connectivity index (χ3n) is 5.65. The van der Waals surface area contributed by atoms with Crippen molar-refractivity contribution >= 4 is 66.0 Å². The number of esters is 1. The molecule has 0 bridgehead atoms. The standard InChI is InChI=1S/C25H27N7O9S2/c1-41-25(35)17-7-2-3-8-18(17)30-31-19-14-20(43(38,39)40)22(27)23(21(19)26)32-29-16-6-4-5-15(13-16)24(34)28-9-11-42(36,37)12-10-33/h2-8,13-14,33H,9-12,26-27H2,1H3,(H,28,34)(H,38,39,40). The van der Waals surface area contributed by atoms with E-state index in [0.29, 0.717) is 0 Å². The highest BCUT2D eigenvalue weighted by atomic mass is 32.2. The molecule has 1 amide bonds. The van der Waals surface area contributed by atoms with Gasteiger partial charge in [-0.3, -0.25) is 9.35 Å². The average molecular weight is 634 g/mol. The number of rotatable bonds is 12. The maximum Gasteiger partial charge on any atom is 0.340 e. The predicted octanol–water partition coefficient (Wildman–Crippen LogP) is 2.85. The number of nitrogens with zero attached hydrogens (tertiary/aromatic N) is 4. The molecular formula is C25H27N7O9S2. The van der Waals surface area contributed by atoms with Gasteiger partial charge in [0.15, 0.2) is 9.84 Å². The maximum absolute atomic E-state index is 12.5. The van der Waals surface area contributed by atoms with Crippen LogP contribution in [-0.4, -0.2) is 70.1 Å². The highest BCUT2D eigenvalue weighted by molar-refractivity contribution is 7.91. The highest BCUT2D eigenvalue weighted by Gasteiger charge is 2.23. The summed E-state index contributed by atoms with van der Waals surface area (Å²) >= 11 is 0. The first-order chi connectivity index (χ1) is 20.3. The molecule has 43 heavy (non-hydrogen) atoms. The van der Waals surface area contributed by atoms with Crippen LogP contribution < -0.4 is 16.8 Å². The lowest BCUT2D eigenvalue weighted by atomic mass is 10.2. The molecule has 0 aliphatic carbocycles. The fourth-order valence-corrected chi connectivity index (χ4v) is 5.03. The minimum absolute atomic E-state index is 0.0633. The van der Waals surface area contributed by atoms with E-state index < -0.39 is 54.8 Å². The molecule has 0 heterocycles. The SMILES string of the molecule is COC(=O)c1ccccc1N=Nc1cc(S(=O)(=O)O)c(N)c(N=Nc2cccc(C(=O)NCCS(=O)(=O)CCO)c2)c1N. The number of ether oxygens (including phenoxy) is 1. The van der Waals surface area contributed by atoms with Crippen molar-refractivity contribution in [2.45, 2.75) is 4.90 Å². The number of sulfone groups is 1. The lowest BCUT2D eigenvalue weighted by Gasteiger charge is -2.10. The zero-order valence-electron chi connectivity index (χ0n) is 22.5. The second-order valence-electron chi connectivity index (χ2n) is 8.64. The summed E-state index contributed by atoms with van der Waals surface area (Å²) in [6.07, 6.45) is 0. The number of carbonyl (C=O) groups is 2. The van der Waals surface area contributed by atoms with Crippen LogP contribution in [0.15, 0.2) is 79.9 Å². The number of amides is 1. The first kappa shape index (κ1) is 32.7. The number of azo groups is 2. The van der Waals surface area contributed by atoms with E-state index in [2.05, 4.69) is 25.8 Å². The van der Waals surface area contributed by atoms with Crippen LogP contribution in [0.5, 0.6) is 0 Å². The number of hydrogen-bond donors (Lipinski definition) is 5. The van der Waals surface area contributed by atoms with Gasteiger partial charge in [0, 0.05) is 12.1 Å². The van der Waals surface area contributed by atoms with Crippen molar-refractivity contribution in [1.82, 2.24) is 5.32 Å². The van der Waals surface area contributed by atoms with Crippen molar-refractivity contribution < 1.29 is 40.8 Å². The van der Waals surface area contributed by atoms with Gasteiger partial charge in [-0.15, -0.1) is 15.3 Å². The van der Waals surface area contributed by atoms with Crippen molar-refractivity contribution in [1.29, 1.82) is 0 Å². The Morgan fingerprint density at radius 3 is 2.26 bits per heavy atom. The Balaban J connectivity index is 1.95. The maximum atomic E-state index is 12.5. The number of nitrogens with two attached hydrogens (primary N) is 2. The number of carbonyl (C=O) groups excluding carboxylic acids is 2. The number of nitrogens with one attached hydrogen (secondary N) is 1. The molecule has 0 aliphatic rings. The van der Waals surface area contributed by atoms with Crippen LogP contribution >= 0.6 is 0 Å². The summed E-state index contributed by atoms with van der Waals surface area (Å²) in [7, 11) is -7.24. The van der Waals surface area contributed by atoms with Crippen LogP contribution in [-0.2, 0) is 24.7 Å². The summed E-state index contributed by atoms with van der Waals surface area (Å²) in [5.74, 6) is -2.10. The molecule has 0 aliphatic heterocycles. The quantitative estimate of drug-likeness (QED) is 0.0837. The Hall–Kier alpha value is -4.78. The van der Waals surface area contributed by atoms with Crippen LogP contribution in [0.1, 0.15) is 20.7 Å². The van der Waals surface area contributed by atoms with Gasteiger partial charge in [0.2, 0.25) is 0 Å². The molecule has 0 unspecified atom stereocenters. The van der Waals surface area contributed by atoms with Crippen LogP contribution in [0, 0.1) is 0 Å². The smallest absolute Gasteiger partial charge is 0.340 e. The summed E-state index contributed by atoms with van der Waals surface area (Å²) in [5, 5.41) is 27.0. The molecule has 228 valence electrons. The number of nitrogen functional groups attached to an aromatic ring is 2. The molecule has 18 heteroatoms. The summed E-state index contributed by atoms with van der Waals surface area (Å²) in [5.41, 5.74) is 11.0. The summed E-state index contributed by atoms with van der Waals surface area (Å²) < 4.78 is 61.9. The third kappa shape index (κ3) is 8.61. The zero-order chi connectivity index (χ0) is 31.8. The van der Waals surface area contributed by atoms with Crippen molar-refractivity contribution in [3.8, 4) is 0 Å². The molecule has 0 spiro atoms. The fraction of sp³-hybridized carbons (Fsp3) is 0.200. The van der Waals surface area contributed by atoms with Gasteiger partial charge in [0.1, 0.15) is 22.0 Å². The minimum Gasteiger partial charge on any atom is -0.465 e. The Morgan fingerprint density at radius 2 is 1.58 bits per heavy atom. The van der Waals surface area contributed by atoms with Gasteiger partial charge < -0.3 is 26.6 Å². The van der Waals surface area contributed by atoms with Crippen molar-refractivity contribution in [3.05, 3.63) is 65.7 Å². The van der Waals surface area contributed by atoms with Crippen molar-refractivity contribution in [3.63, 3.8) is 0 Å². The number of benzene rings is 3. The first-order valence-electron chi connectivity index (χ1n) is 12.2. The summed E-state index contributed by atoms with van der Waals surface area (Å²) in [4.78, 5) is 23.7. The number of aliphatic hydroxyl groups excluding tert-OH is 1. The molecule has 0 saturated heterocycles. The Morgan fingerprint density at radius 1 is 0.884 bits per heavy atom. The van der Waals surface area contributed by atoms with Gasteiger partial charge in [0.05, 0.1) is 47.8 Å². The van der Waals surface area contributed by atoms with E-state index in [4.69, 9.17) is 21.3 Å². The van der Waals surface area contributed by atoms with E-state index in [0.717, 1.165) is 6.07 Å². The van der Waals surface area contributed by atoms with Gasteiger partial charge in [-0.25, -0.2) is 13.2 Å². The molecule has 16 nitrogen and oxygen atoms in total. The fourth-order valence-electron chi connectivity index (χ4n) is 3.50. The lowest BCUT2D eigenvalue weighted by Crippen LogP contribution is -2.30. The lowest BCUT2D eigenvalue weighted by molar-refractivity contribution is 0.0601. The van der Waals surface area contributed by atoms with E-state index in [1.165, 1.54) is 43.5 Å². The third-order valence-corrected chi connectivity index (χ3v) is 8.17. The van der Waals surface area contributed by atoms with E-state index in [-0.39, 0.29) is 51.9 Å². The van der Waals surface area contributed by atoms with E-state index >= 15 is 0 Å². The van der Waals surface area contributed by atoms with Gasteiger partial charge in [-0.05, 0) is 36.4 Å². The zero-order valence-corrected chi connectivity index (χ0v) is 24.2. The molecule has 3 aromatic carbocycles. The molecular weight excluding hydrogens is 606 g/mol. The average Bonchev–Trinajstić information content (AvgIpc) is 2.95. The van der Waals surface area contributed by atoms with Gasteiger partial charge in [-0.2, -0.15) is 13.5 Å². The largest absolute Gasteiger partial charge is 0.465 e. The molecule has 0 radical (unpaired) electrons. The van der Waals surface area contributed by atoms with Gasteiger partial charge >= 0.3 is 5.97 Å². The topological polar surface area (TPSA) is 266 Å². The van der Waals surface area contributed by atoms with Crippen LogP contribution in [0.3, 0.4) is 0 Å².